The van der Waals surface area contributed by atoms with Gasteiger partial charge in [0.1, 0.15) is 48.8 Å². The molecule has 0 saturated carbocycles. The molecule has 3 heterocycles. The van der Waals surface area contributed by atoms with E-state index in [-0.39, 0.29) is 33.0 Å². The summed E-state index contributed by atoms with van der Waals surface area (Å²) in [5.74, 6) is 0. The van der Waals surface area contributed by atoms with Crippen LogP contribution in [0.1, 0.15) is 34.1 Å². The molecule has 0 radical (unpaired) electrons. The molecule has 61 heavy (non-hydrogen) atoms. The van der Waals surface area contributed by atoms with Crippen LogP contribution in [0.3, 0.4) is 0 Å². The molecule has 3 saturated heterocycles. The van der Waals surface area contributed by atoms with E-state index in [1.165, 1.54) is 7.11 Å². The predicted octanol–water partition coefficient (Wildman–Crippen LogP) is 8.23. The summed E-state index contributed by atoms with van der Waals surface area (Å²) < 4.78 is 66.2. The van der Waals surface area contributed by atoms with E-state index in [4.69, 9.17) is 47.4 Å². The molecule has 0 bridgehead atoms. The maximum Gasteiger partial charge on any atom is 0.187 e. The second-order valence-electron chi connectivity index (χ2n) is 15.1. The van der Waals surface area contributed by atoms with Gasteiger partial charge in [0.25, 0.3) is 0 Å². The molecule has 13 nitrogen and oxygen atoms in total. The summed E-state index contributed by atoms with van der Waals surface area (Å²) in [5.41, 5.74) is 14.6. The highest BCUT2D eigenvalue weighted by Crippen LogP contribution is 2.40. The average Bonchev–Trinajstić information content (AvgIpc) is 3.32. The van der Waals surface area contributed by atoms with Gasteiger partial charge in [0, 0.05) is 17.6 Å². The summed E-state index contributed by atoms with van der Waals surface area (Å²) in [6.45, 7) is 1.27. The highest BCUT2D eigenvalue weighted by molar-refractivity contribution is 5.19. The summed E-state index contributed by atoms with van der Waals surface area (Å²) in [6, 6.07) is 48.3. The van der Waals surface area contributed by atoms with E-state index in [1.807, 2.05) is 152 Å². The topological polar surface area (TPSA) is 141 Å². The lowest BCUT2D eigenvalue weighted by Crippen LogP contribution is -2.66. The molecule has 318 valence electrons. The van der Waals surface area contributed by atoms with Gasteiger partial charge in [-0.3, -0.25) is 0 Å². The average molecular weight is 830 g/mol. The molecule has 3 aliphatic heterocycles. The number of nitrogens with zero attached hydrogens (tertiary/aromatic N) is 3. The second-order valence-corrected chi connectivity index (χ2v) is 15.1. The third-order valence-corrected chi connectivity index (χ3v) is 10.9. The molecule has 1 unspecified atom stereocenters. The molecule has 3 aliphatic rings. The fraction of sp³-hybridized carbons (Fsp3) is 0.375. The van der Waals surface area contributed by atoms with Crippen molar-refractivity contribution < 1.29 is 47.4 Å². The lowest BCUT2D eigenvalue weighted by atomic mass is 9.94. The Hall–Kier alpha value is -4.99. The Kier molecular flexibility index (Phi) is 15.2. The van der Waals surface area contributed by atoms with Gasteiger partial charge in [-0.15, -0.1) is 0 Å². The highest BCUT2D eigenvalue weighted by atomic mass is 16.8. The van der Waals surface area contributed by atoms with Crippen LogP contribution >= 0.6 is 0 Å². The van der Waals surface area contributed by atoms with Crippen LogP contribution in [0, 0.1) is 0 Å². The first-order valence-corrected chi connectivity index (χ1v) is 20.6. The van der Waals surface area contributed by atoms with Gasteiger partial charge in [-0.2, -0.15) is 0 Å². The predicted molar refractivity (Wildman–Crippen MR) is 223 cm³/mol. The fourth-order valence-corrected chi connectivity index (χ4v) is 7.88. The third-order valence-electron chi connectivity index (χ3n) is 10.9. The molecular formula is C48H51N3O10. The van der Waals surface area contributed by atoms with E-state index in [0.717, 1.165) is 27.8 Å². The number of benzene rings is 5. The zero-order chi connectivity index (χ0) is 41.6. The summed E-state index contributed by atoms with van der Waals surface area (Å²) >= 11 is 0. The minimum atomic E-state index is -1.08. The summed E-state index contributed by atoms with van der Waals surface area (Å²) in [6.07, 6.45) is -8.10. The number of hydrogen-bond donors (Lipinski definition) is 0. The Morgan fingerprint density at radius 2 is 1.08 bits per heavy atom. The molecule has 0 spiro atoms. The Morgan fingerprint density at radius 1 is 0.574 bits per heavy atom. The van der Waals surface area contributed by atoms with Crippen LogP contribution in [0.25, 0.3) is 10.4 Å². The monoisotopic (exact) mass is 829 g/mol. The lowest BCUT2D eigenvalue weighted by Gasteiger charge is -2.51. The maximum absolute atomic E-state index is 9.85. The van der Waals surface area contributed by atoms with E-state index < -0.39 is 67.6 Å². The van der Waals surface area contributed by atoms with Crippen molar-refractivity contribution in [1.82, 2.24) is 0 Å². The van der Waals surface area contributed by atoms with Crippen molar-refractivity contribution in [3.63, 3.8) is 0 Å². The van der Waals surface area contributed by atoms with Crippen LogP contribution in [0.4, 0.5) is 0 Å². The number of rotatable bonds is 18. The van der Waals surface area contributed by atoms with Gasteiger partial charge in [0.15, 0.2) is 18.9 Å². The zero-order valence-corrected chi connectivity index (χ0v) is 34.0. The molecule has 5 aromatic rings. The molecule has 5 aromatic carbocycles. The first-order valence-electron chi connectivity index (χ1n) is 20.6. The number of hydrogen-bond acceptors (Lipinski definition) is 11. The third kappa shape index (κ3) is 11.1. The second kappa shape index (κ2) is 21.7. The van der Waals surface area contributed by atoms with E-state index in [1.54, 1.807) is 0 Å². The molecule has 0 amide bonds. The van der Waals surface area contributed by atoms with Crippen molar-refractivity contribution in [3.8, 4) is 0 Å². The van der Waals surface area contributed by atoms with Gasteiger partial charge < -0.3 is 47.4 Å². The quantitative estimate of drug-likeness (QED) is 0.0482. The SMILES string of the molecule is CO[C@@H]1O[C@H](COCc2ccccc2)[C@@H](O[C@@H]2O[C@@H]3COC(c4ccccc4)O[C@H]3[C@H](OCc3ccccc3)[C@@H]2OCc2ccccc2)[C@H](OCc2ccccc2)[C@H]1N=[N+]=[N-]. The normalized spacial score (nSPS) is 28.6. The number of fused-ring (bicyclic) bond motifs is 1. The molecule has 3 fully saturated rings. The van der Waals surface area contributed by atoms with Crippen LogP contribution in [0.2, 0.25) is 0 Å². The summed E-state index contributed by atoms with van der Waals surface area (Å²) in [4.78, 5) is 3.19. The number of azide groups is 1. The largest absolute Gasteiger partial charge is 0.374 e. The Balaban J connectivity index is 1.15. The number of ether oxygens (including phenoxy) is 10. The Morgan fingerprint density at radius 3 is 1.62 bits per heavy atom. The van der Waals surface area contributed by atoms with Crippen molar-refractivity contribution in [2.45, 2.75) is 94.1 Å². The van der Waals surface area contributed by atoms with Crippen molar-refractivity contribution in [3.05, 3.63) is 190 Å². The smallest absolute Gasteiger partial charge is 0.187 e. The van der Waals surface area contributed by atoms with Crippen LogP contribution < -0.4 is 0 Å². The van der Waals surface area contributed by atoms with Crippen LogP contribution in [0.15, 0.2) is 157 Å². The maximum atomic E-state index is 9.85. The van der Waals surface area contributed by atoms with Gasteiger partial charge in [0.05, 0.1) is 39.6 Å². The van der Waals surface area contributed by atoms with Crippen molar-refractivity contribution in [1.29, 1.82) is 0 Å². The van der Waals surface area contributed by atoms with Gasteiger partial charge in [0.2, 0.25) is 0 Å². The van der Waals surface area contributed by atoms with Crippen molar-refractivity contribution in [2.24, 2.45) is 5.11 Å². The van der Waals surface area contributed by atoms with Crippen molar-refractivity contribution in [2.75, 3.05) is 20.3 Å². The number of methoxy groups -OCH3 is 1. The van der Waals surface area contributed by atoms with Crippen molar-refractivity contribution >= 4 is 0 Å². The zero-order valence-electron chi connectivity index (χ0n) is 34.0. The Bertz CT molecular complexity index is 2080. The van der Waals surface area contributed by atoms with E-state index >= 15 is 0 Å². The molecule has 0 aliphatic carbocycles. The van der Waals surface area contributed by atoms with Gasteiger partial charge >= 0.3 is 0 Å². The minimum absolute atomic E-state index is 0.0842. The first kappa shape index (κ1) is 42.7. The van der Waals surface area contributed by atoms with Crippen LogP contribution in [0.5, 0.6) is 0 Å². The lowest BCUT2D eigenvalue weighted by molar-refractivity contribution is -0.390. The van der Waals surface area contributed by atoms with Gasteiger partial charge in [-0.25, -0.2) is 0 Å². The molecule has 11 atom stereocenters. The van der Waals surface area contributed by atoms with Gasteiger partial charge in [-0.05, 0) is 27.8 Å². The molecule has 0 aromatic heterocycles. The van der Waals surface area contributed by atoms with Gasteiger partial charge in [-0.1, -0.05) is 157 Å². The molecule has 0 N–H and O–H groups in total. The fourth-order valence-electron chi connectivity index (χ4n) is 7.88. The molecule has 8 rings (SSSR count). The van der Waals surface area contributed by atoms with E-state index in [2.05, 4.69) is 10.0 Å². The standard InChI is InChI=1S/C48H51N3O10/c1-52-47-40(50-51-49)43(54-28-34-19-9-3-10-20-34)41(38(58-47)31-53-27-33-17-7-2-8-18-33)61-48-45(56-30-36-23-13-5-14-24-36)44(55-29-35-21-11-4-12-22-35)42-39(59-48)32-57-46(60-42)37-25-15-6-16-26-37/h2-26,38-48H,27-32H2,1H3/t38-,39-,40-,41-,42-,43-,44+,45+,46?,47-,48+/m1/s1. The van der Waals surface area contributed by atoms with Crippen LogP contribution in [-0.2, 0) is 73.8 Å². The summed E-state index contributed by atoms with van der Waals surface area (Å²) in [5, 5.41) is 4.16. The molecular weight excluding hydrogens is 779 g/mol. The highest BCUT2D eigenvalue weighted by Gasteiger charge is 2.55. The molecule has 13 heteroatoms. The first-order chi connectivity index (χ1) is 30.2. The van der Waals surface area contributed by atoms with Crippen LogP contribution in [-0.4, -0.2) is 81.7 Å². The van der Waals surface area contributed by atoms with E-state index in [9.17, 15) is 5.53 Å². The van der Waals surface area contributed by atoms with E-state index in [0.29, 0.717) is 6.61 Å². The minimum Gasteiger partial charge on any atom is -0.374 e. The summed E-state index contributed by atoms with van der Waals surface area (Å²) in [7, 11) is 1.50. The Labute approximate surface area is 355 Å².